The van der Waals surface area contributed by atoms with E-state index in [4.69, 9.17) is 9.47 Å². The van der Waals surface area contributed by atoms with E-state index < -0.39 is 0 Å². The highest BCUT2D eigenvalue weighted by Crippen LogP contribution is 2.20. The molecule has 0 radical (unpaired) electrons. The second kappa shape index (κ2) is 12.5. The van der Waals surface area contributed by atoms with Crippen LogP contribution in [0.25, 0.3) is 0 Å². The van der Waals surface area contributed by atoms with Gasteiger partial charge in [-0.05, 0) is 48.7 Å². The van der Waals surface area contributed by atoms with Crippen molar-refractivity contribution in [3.8, 4) is 5.75 Å². The lowest BCUT2D eigenvalue weighted by Gasteiger charge is -2.33. The van der Waals surface area contributed by atoms with Crippen LogP contribution in [0.4, 0.5) is 4.39 Å². The van der Waals surface area contributed by atoms with E-state index in [1.807, 2.05) is 43.3 Å². The summed E-state index contributed by atoms with van der Waals surface area (Å²) in [5.74, 6) is 0.679. The van der Waals surface area contributed by atoms with Gasteiger partial charge in [-0.25, -0.2) is 4.39 Å². The highest BCUT2D eigenvalue weighted by Gasteiger charge is 2.20. The van der Waals surface area contributed by atoms with Crippen LogP contribution >= 0.6 is 12.6 Å². The Morgan fingerprint density at radius 2 is 1.74 bits per heavy atom. The Balaban J connectivity index is 0.000000229. The van der Waals surface area contributed by atoms with Crippen molar-refractivity contribution < 1.29 is 13.9 Å². The van der Waals surface area contributed by atoms with E-state index >= 15 is 0 Å². The van der Waals surface area contributed by atoms with Crippen LogP contribution in [0.3, 0.4) is 0 Å². The van der Waals surface area contributed by atoms with Crippen LogP contribution in [-0.4, -0.2) is 37.3 Å². The number of ether oxygens (including phenoxy) is 2. The second-order valence-electron chi connectivity index (χ2n) is 7.45. The van der Waals surface area contributed by atoms with Gasteiger partial charge in [-0.3, -0.25) is 4.90 Å². The zero-order valence-corrected chi connectivity index (χ0v) is 18.8. The molecule has 1 unspecified atom stereocenters. The van der Waals surface area contributed by atoms with Crippen molar-refractivity contribution in [2.75, 3.05) is 26.3 Å². The van der Waals surface area contributed by atoms with Crippen LogP contribution in [-0.2, 0) is 17.7 Å². The number of morpholine rings is 1. The van der Waals surface area contributed by atoms with Gasteiger partial charge in [-0.1, -0.05) is 54.6 Å². The van der Waals surface area contributed by atoms with Gasteiger partial charge in [-0.2, -0.15) is 0 Å². The van der Waals surface area contributed by atoms with Crippen molar-refractivity contribution in [3.05, 3.63) is 95.8 Å². The maximum Gasteiger partial charge on any atom is 0.132 e. The maximum atomic E-state index is 13.2. The molecule has 0 N–H and O–H groups in total. The summed E-state index contributed by atoms with van der Waals surface area (Å²) in [4.78, 5) is 3.30. The maximum absolute atomic E-state index is 13.2. The quantitative estimate of drug-likeness (QED) is 0.502. The van der Waals surface area contributed by atoms with E-state index in [1.54, 1.807) is 12.1 Å². The highest BCUT2D eigenvalue weighted by molar-refractivity contribution is 7.80. The van der Waals surface area contributed by atoms with Gasteiger partial charge in [0.15, 0.2) is 0 Å². The SMILES string of the molecule is CCOc1ccccc1S.Fc1cccc(CC2CN(Cc3ccccc3)CCO2)c1. The molecule has 0 amide bonds. The van der Waals surface area contributed by atoms with Crippen LogP contribution in [0.1, 0.15) is 18.1 Å². The third-order valence-corrected chi connectivity index (χ3v) is 5.36. The van der Waals surface area contributed by atoms with Gasteiger partial charge >= 0.3 is 0 Å². The number of thiol groups is 1. The molecular weight excluding hydrogens is 409 g/mol. The van der Waals surface area contributed by atoms with E-state index in [9.17, 15) is 4.39 Å². The Bertz CT molecular complexity index is 922. The van der Waals surface area contributed by atoms with Crippen molar-refractivity contribution >= 4 is 12.6 Å². The lowest BCUT2D eigenvalue weighted by atomic mass is 10.1. The number of rotatable bonds is 6. The number of nitrogens with zero attached hydrogens (tertiary/aromatic N) is 1. The fourth-order valence-electron chi connectivity index (χ4n) is 3.55. The van der Waals surface area contributed by atoms with Gasteiger partial charge in [0, 0.05) is 24.5 Å². The lowest BCUT2D eigenvalue weighted by Crippen LogP contribution is -2.42. The third-order valence-electron chi connectivity index (χ3n) is 4.99. The molecule has 0 bridgehead atoms. The Morgan fingerprint density at radius 1 is 1.00 bits per heavy atom. The minimum atomic E-state index is -0.176. The van der Waals surface area contributed by atoms with Gasteiger partial charge < -0.3 is 9.47 Å². The van der Waals surface area contributed by atoms with E-state index in [0.29, 0.717) is 6.61 Å². The fraction of sp³-hybridized carbons (Fsp3) is 0.308. The van der Waals surface area contributed by atoms with Crippen molar-refractivity contribution in [2.45, 2.75) is 30.9 Å². The molecule has 1 fully saturated rings. The fourth-order valence-corrected chi connectivity index (χ4v) is 3.78. The summed E-state index contributed by atoms with van der Waals surface area (Å²) >= 11 is 4.21. The summed E-state index contributed by atoms with van der Waals surface area (Å²) in [5, 5.41) is 0. The second-order valence-corrected chi connectivity index (χ2v) is 7.93. The molecule has 1 saturated heterocycles. The average molecular weight is 440 g/mol. The summed E-state index contributed by atoms with van der Waals surface area (Å²) in [6.45, 7) is 6.19. The summed E-state index contributed by atoms with van der Waals surface area (Å²) < 4.78 is 24.3. The molecule has 0 aliphatic carbocycles. The molecular formula is C26H30FNO2S. The molecule has 164 valence electrons. The molecule has 1 aliphatic heterocycles. The predicted molar refractivity (Wildman–Crippen MR) is 126 cm³/mol. The van der Waals surface area contributed by atoms with Gasteiger partial charge in [0.05, 0.1) is 19.3 Å². The topological polar surface area (TPSA) is 21.7 Å². The Morgan fingerprint density at radius 3 is 2.48 bits per heavy atom. The monoisotopic (exact) mass is 439 g/mol. The van der Waals surface area contributed by atoms with E-state index in [2.05, 4.69) is 41.8 Å². The van der Waals surface area contributed by atoms with Gasteiger partial charge in [-0.15, -0.1) is 12.6 Å². The van der Waals surface area contributed by atoms with Gasteiger partial charge in [0.25, 0.3) is 0 Å². The lowest BCUT2D eigenvalue weighted by molar-refractivity contribution is -0.0305. The van der Waals surface area contributed by atoms with Gasteiger partial charge in [0.1, 0.15) is 11.6 Å². The molecule has 3 aromatic rings. The minimum absolute atomic E-state index is 0.143. The first-order valence-corrected chi connectivity index (χ1v) is 11.1. The molecule has 31 heavy (non-hydrogen) atoms. The molecule has 1 atom stereocenters. The Hall–Kier alpha value is -2.34. The minimum Gasteiger partial charge on any atom is -0.493 e. The van der Waals surface area contributed by atoms with E-state index in [1.165, 1.54) is 11.6 Å². The molecule has 0 saturated carbocycles. The number of hydrogen-bond donors (Lipinski definition) is 1. The molecule has 1 heterocycles. The zero-order valence-electron chi connectivity index (χ0n) is 17.9. The Labute approximate surface area is 190 Å². The first kappa shape index (κ1) is 23.3. The van der Waals surface area contributed by atoms with Crippen LogP contribution in [0.5, 0.6) is 5.75 Å². The molecule has 0 aromatic heterocycles. The summed E-state index contributed by atoms with van der Waals surface area (Å²) in [6, 6.07) is 25.0. The van der Waals surface area contributed by atoms with Crippen LogP contribution in [0.2, 0.25) is 0 Å². The first-order valence-electron chi connectivity index (χ1n) is 10.7. The Kier molecular flexibility index (Phi) is 9.40. The average Bonchev–Trinajstić information content (AvgIpc) is 2.77. The molecule has 3 aromatic carbocycles. The third kappa shape index (κ3) is 8.02. The highest BCUT2D eigenvalue weighted by atomic mass is 32.1. The molecule has 0 spiro atoms. The smallest absolute Gasteiger partial charge is 0.132 e. The van der Waals surface area contributed by atoms with Crippen LogP contribution in [0.15, 0.2) is 83.8 Å². The predicted octanol–water partition coefficient (Wildman–Crippen LogP) is 5.64. The number of para-hydroxylation sites is 1. The first-order chi connectivity index (χ1) is 15.1. The number of halogens is 1. The molecule has 4 rings (SSSR count). The number of hydrogen-bond acceptors (Lipinski definition) is 4. The molecule has 5 heteroatoms. The largest absolute Gasteiger partial charge is 0.493 e. The van der Waals surface area contributed by atoms with Crippen molar-refractivity contribution in [1.29, 1.82) is 0 Å². The normalized spacial score (nSPS) is 16.3. The van der Waals surface area contributed by atoms with E-state index in [0.717, 1.165) is 48.9 Å². The summed E-state index contributed by atoms with van der Waals surface area (Å²) in [6.07, 6.45) is 0.910. The zero-order chi connectivity index (χ0) is 21.9. The number of benzene rings is 3. The van der Waals surface area contributed by atoms with Crippen molar-refractivity contribution in [3.63, 3.8) is 0 Å². The molecule has 1 aliphatic rings. The summed E-state index contributed by atoms with van der Waals surface area (Å²) in [7, 11) is 0. The molecule has 3 nitrogen and oxygen atoms in total. The van der Waals surface area contributed by atoms with E-state index in [-0.39, 0.29) is 11.9 Å². The standard InChI is InChI=1S/C18H20FNO.C8H10OS/c19-17-8-4-7-16(11-17)12-18-14-20(9-10-21-18)13-15-5-2-1-3-6-15;1-2-9-7-5-3-4-6-8(7)10/h1-8,11,18H,9-10,12-14H2;3-6,10H,2H2,1H3. The van der Waals surface area contributed by atoms with Crippen molar-refractivity contribution in [1.82, 2.24) is 4.90 Å². The summed E-state index contributed by atoms with van der Waals surface area (Å²) in [5.41, 5.74) is 2.32. The van der Waals surface area contributed by atoms with Crippen LogP contribution < -0.4 is 4.74 Å². The van der Waals surface area contributed by atoms with Crippen molar-refractivity contribution in [2.24, 2.45) is 0 Å². The van der Waals surface area contributed by atoms with Crippen LogP contribution in [0, 0.1) is 5.82 Å². The van der Waals surface area contributed by atoms with Gasteiger partial charge in [0.2, 0.25) is 0 Å².